The zero-order valence-corrected chi connectivity index (χ0v) is 7.01. The van der Waals surface area contributed by atoms with Gasteiger partial charge in [0.2, 0.25) is 6.08 Å². The lowest BCUT2D eigenvalue weighted by Crippen LogP contribution is -1.92. The van der Waals surface area contributed by atoms with Crippen LogP contribution in [0.25, 0.3) is 0 Å². The molecule has 0 saturated carbocycles. The van der Waals surface area contributed by atoms with E-state index in [4.69, 9.17) is 11.6 Å². The van der Waals surface area contributed by atoms with Crippen LogP contribution in [0.3, 0.4) is 0 Å². The number of carbonyl (C=O) groups excluding carboxylic acids is 2. The van der Waals surface area contributed by atoms with Gasteiger partial charge < -0.3 is 0 Å². The first-order valence-electron chi connectivity index (χ1n) is 3.22. The molecule has 1 aromatic rings. The fourth-order valence-electron chi connectivity index (χ4n) is 0.786. The van der Waals surface area contributed by atoms with Crippen molar-refractivity contribution in [3.8, 4) is 0 Å². The van der Waals surface area contributed by atoms with Crippen molar-refractivity contribution < 1.29 is 14.0 Å². The number of carbonyl (C=O) groups is 1. The lowest BCUT2D eigenvalue weighted by Gasteiger charge is -1.96. The second kappa shape index (κ2) is 3.94. The largest absolute Gasteiger partial charge is 0.275 e. The van der Waals surface area contributed by atoms with Gasteiger partial charge in [0, 0.05) is 0 Å². The smallest absolute Gasteiger partial charge is 0.255 e. The second-order valence-corrected chi connectivity index (χ2v) is 2.48. The first-order chi connectivity index (χ1) is 6.15. The van der Waals surface area contributed by atoms with Crippen LogP contribution in [0.1, 0.15) is 10.4 Å². The minimum Gasteiger partial charge on any atom is -0.275 e. The van der Waals surface area contributed by atoms with Gasteiger partial charge in [0.05, 0.1) is 11.3 Å². The predicted molar refractivity (Wildman–Crippen MR) is 44.4 cm³/mol. The van der Waals surface area contributed by atoms with Crippen molar-refractivity contribution in [2.45, 2.75) is 0 Å². The Labute approximate surface area is 77.8 Å². The van der Waals surface area contributed by atoms with Crippen molar-refractivity contribution in [2.24, 2.45) is 4.99 Å². The van der Waals surface area contributed by atoms with Gasteiger partial charge in [0.1, 0.15) is 5.82 Å². The van der Waals surface area contributed by atoms with Crippen LogP contribution in [0.2, 0.25) is 0 Å². The summed E-state index contributed by atoms with van der Waals surface area (Å²) in [4.78, 5) is 23.7. The van der Waals surface area contributed by atoms with Crippen LogP contribution in [0.15, 0.2) is 23.2 Å². The van der Waals surface area contributed by atoms with Gasteiger partial charge >= 0.3 is 0 Å². The summed E-state index contributed by atoms with van der Waals surface area (Å²) in [6.07, 6.45) is 1.27. The standard InChI is InChI=1S/C8H3ClFNO2/c9-8(13)6-3-5(11-4-12)1-2-7(6)10/h1-3H. The van der Waals surface area contributed by atoms with E-state index in [9.17, 15) is 14.0 Å². The molecule has 0 unspecified atom stereocenters. The van der Waals surface area contributed by atoms with Gasteiger partial charge in [0.25, 0.3) is 5.24 Å². The van der Waals surface area contributed by atoms with Crippen LogP contribution in [0.4, 0.5) is 10.1 Å². The molecule has 0 aliphatic carbocycles. The summed E-state index contributed by atoms with van der Waals surface area (Å²) in [5.41, 5.74) is -0.168. The van der Waals surface area contributed by atoms with Gasteiger partial charge in [-0.2, -0.15) is 4.99 Å². The molecular weight excluding hydrogens is 197 g/mol. The molecule has 0 heterocycles. The highest BCUT2D eigenvalue weighted by Crippen LogP contribution is 2.18. The summed E-state index contributed by atoms with van der Waals surface area (Å²) in [6.45, 7) is 0. The maximum atomic E-state index is 12.8. The highest BCUT2D eigenvalue weighted by molar-refractivity contribution is 6.67. The Kier molecular flexibility index (Phi) is 2.90. The zero-order valence-electron chi connectivity index (χ0n) is 6.25. The van der Waals surface area contributed by atoms with E-state index in [1.165, 1.54) is 12.1 Å². The zero-order chi connectivity index (χ0) is 9.84. The molecule has 0 aromatic heterocycles. The normalized spacial score (nSPS) is 9.08. The first-order valence-corrected chi connectivity index (χ1v) is 3.60. The monoisotopic (exact) mass is 199 g/mol. The van der Waals surface area contributed by atoms with Crippen molar-refractivity contribution in [1.29, 1.82) is 0 Å². The molecule has 5 heteroatoms. The number of halogens is 2. The quantitative estimate of drug-likeness (QED) is 0.416. The molecule has 0 radical (unpaired) electrons. The molecule has 0 aliphatic rings. The molecule has 66 valence electrons. The summed E-state index contributed by atoms with van der Waals surface area (Å²) in [5.74, 6) is -0.746. The summed E-state index contributed by atoms with van der Waals surface area (Å²) < 4.78 is 12.8. The second-order valence-electron chi connectivity index (χ2n) is 2.14. The average Bonchev–Trinajstić information content (AvgIpc) is 2.08. The Morgan fingerprint density at radius 3 is 2.77 bits per heavy atom. The third-order valence-electron chi connectivity index (χ3n) is 1.34. The van der Waals surface area contributed by atoms with Gasteiger partial charge in [-0.3, -0.25) is 4.79 Å². The molecule has 0 spiro atoms. The Bertz CT molecular complexity index is 399. The van der Waals surface area contributed by atoms with Crippen LogP contribution < -0.4 is 0 Å². The molecular formula is C8H3ClFNO2. The van der Waals surface area contributed by atoms with E-state index in [0.29, 0.717) is 0 Å². The van der Waals surface area contributed by atoms with Gasteiger partial charge in [-0.15, -0.1) is 0 Å². The minimum absolute atomic E-state index is 0.139. The van der Waals surface area contributed by atoms with Gasteiger partial charge in [-0.1, -0.05) is 0 Å². The third-order valence-corrected chi connectivity index (χ3v) is 1.54. The maximum absolute atomic E-state index is 12.8. The van der Waals surface area contributed by atoms with Crippen molar-refractivity contribution in [3.63, 3.8) is 0 Å². The fraction of sp³-hybridized carbons (Fsp3) is 0. The molecule has 0 atom stereocenters. The summed E-state index contributed by atoms with van der Waals surface area (Å²) >= 11 is 5.06. The Balaban J connectivity index is 3.26. The van der Waals surface area contributed by atoms with Crippen LogP contribution in [-0.2, 0) is 4.79 Å². The van der Waals surface area contributed by atoms with Crippen LogP contribution in [-0.4, -0.2) is 11.3 Å². The number of aliphatic imine (C=N–C) groups is 1. The van der Waals surface area contributed by atoms with Crippen molar-refractivity contribution in [2.75, 3.05) is 0 Å². The number of benzene rings is 1. The SMILES string of the molecule is O=C=Nc1ccc(F)c(C(=O)Cl)c1. The summed E-state index contributed by atoms with van der Waals surface area (Å²) in [6, 6.07) is 3.32. The minimum atomic E-state index is -0.930. The van der Waals surface area contributed by atoms with E-state index >= 15 is 0 Å². The molecule has 1 rings (SSSR count). The number of hydrogen-bond acceptors (Lipinski definition) is 3. The molecule has 0 bridgehead atoms. The van der Waals surface area contributed by atoms with Crippen molar-refractivity contribution in [1.82, 2.24) is 0 Å². The molecule has 0 N–H and O–H groups in total. The fourth-order valence-corrected chi connectivity index (χ4v) is 0.931. The van der Waals surface area contributed by atoms with Crippen LogP contribution >= 0.6 is 11.6 Å². The Morgan fingerprint density at radius 2 is 2.23 bits per heavy atom. The lowest BCUT2D eigenvalue weighted by molar-refractivity contribution is 0.107. The molecule has 0 amide bonds. The molecule has 13 heavy (non-hydrogen) atoms. The number of hydrogen-bond donors (Lipinski definition) is 0. The van der Waals surface area contributed by atoms with Gasteiger partial charge in [0.15, 0.2) is 0 Å². The van der Waals surface area contributed by atoms with E-state index < -0.39 is 11.1 Å². The van der Waals surface area contributed by atoms with Crippen LogP contribution in [0, 0.1) is 5.82 Å². The van der Waals surface area contributed by atoms with E-state index in [-0.39, 0.29) is 11.3 Å². The Morgan fingerprint density at radius 1 is 1.54 bits per heavy atom. The average molecular weight is 200 g/mol. The Hall–Kier alpha value is -1.51. The highest BCUT2D eigenvalue weighted by atomic mass is 35.5. The number of rotatable bonds is 2. The van der Waals surface area contributed by atoms with Gasteiger partial charge in [-0.25, -0.2) is 9.18 Å². The highest BCUT2D eigenvalue weighted by Gasteiger charge is 2.09. The first kappa shape index (κ1) is 9.58. The number of isocyanates is 1. The van der Waals surface area contributed by atoms with E-state index in [2.05, 4.69) is 4.99 Å². The molecule has 0 fully saturated rings. The number of nitrogens with zero attached hydrogens (tertiary/aromatic N) is 1. The van der Waals surface area contributed by atoms with E-state index in [1.807, 2.05) is 0 Å². The van der Waals surface area contributed by atoms with Crippen LogP contribution in [0.5, 0.6) is 0 Å². The molecule has 1 aromatic carbocycles. The van der Waals surface area contributed by atoms with Gasteiger partial charge in [-0.05, 0) is 29.8 Å². The van der Waals surface area contributed by atoms with Crippen molar-refractivity contribution >= 4 is 28.6 Å². The third kappa shape index (κ3) is 2.21. The molecule has 0 saturated heterocycles. The van der Waals surface area contributed by atoms with E-state index in [0.717, 1.165) is 12.1 Å². The summed E-state index contributed by atoms with van der Waals surface area (Å²) in [5, 5.41) is -0.930. The molecule has 0 aliphatic heterocycles. The maximum Gasteiger partial charge on any atom is 0.255 e. The summed E-state index contributed by atoms with van der Waals surface area (Å²) in [7, 11) is 0. The lowest BCUT2D eigenvalue weighted by atomic mass is 10.2. The molecule has 3 nitrogen and oxygen atoms in total. The van der Waals surface area contributed by atoms with Crippen molar-refractivity contribution in [3.05, 3.63) is 29.6 Å². The van der Waals surface area contributed by atoms with E-state index in [1.54, 1.807) is 0 Å². The topological polar surface area (TPSA) is 46.5 Å². The predicted octanol–water partition coefficient (Wildman–Crippen LogP) is 2.17.